The summed E-state index contributed by atoms with van der Waals surface area (Å²) in [5.74, 6) is 0.808. The molecular weight excluding hydrogens is 376 g/mol. The second kappa shape index (κ2) is 8.59. The first kappa shape index (κ1) is 19.5. The van der Waals surface area contributed by atoms with Gasteiger partial charge in [0, 0.05) is 26.3 Å². The number of carbonyl (C=O) groups is 1. The van der Waals surface area contributed by atoms with Crippen LogP contribution in [0.2, 0.25) is 0 Å². The molecule has 6 heteroatoms. The third-order valence-corrected chi connectivity index (χ3v) is 5.74. The zero-order valence-electron chi connectivity index (χ0n) is 15.6. The largest absolute Gasteiger partial charge is 0.497 e. The molecule has 1 saturated heterocycles. The first-order valence-corrected chi connectivity index (χ1v) is 9.86. The Balaban J connectivity index is 1.66. The van der Waals surface area contributed by atoms with Crippen LogP contribution in [-0.2, 0) is 11.2 Å². The molecule has 1 fully saturated rings. The Bertz CT molecular complexity index is 859. The van der Waals surface area contributed by atoms with Crippen LogP contribution in [0, 0.1) is 0 Å². The summed E-state index contributed by atoms with van der Waals surface area (Å²) in [7, 11) is 5.65. The van der Waals surface area contributed by atoms with E-state index in [4.69, 9.17) is 17.0 Å². The quantitative estimate of drug-likeness (QED) is 0.538. The van der Waals surface area contributed by atoms with E-state index in [0.717, 1.165) is 29.0 Å². The molecule has 1 aliphatic rings. The maximum atomic E-state index is 12.7. The van der Waals surface area contributed by atoms with Crippen molar-refractivity contribution in [1.82, 2.24) is 4.90 Å². The van der Waals surface area contributed by atoms with Crippen molar-refractivity contribution in [2.24, 2.45) is 0 Å². The van der Waals surface area contributed by atoms with Crippen LogP contribution in [0.3, 0.4) is 0 Å². The lowest BCUT2D eigenvalue weighted by molar-refractivity contribution is -0.122. The molecule has 3 rings (SSSR count). The van der Waals surface area contributed by atoms with E-state index in [1.807, 2.05) is 73.6 Å². The van der Waals surface area contributed by atoms with Crippen LogP contribution in [0.1, 0.15) is 11.1 Å². The molecule has 2 aromatic rings. The number of rotatable bonds is 6. The van der Waals surface area contributed by atoms with Crippen molar-refractivity contribution in [3.8, 4) is 5.75 Å². The van der Waals surface area contributed by atoms with E-state index in [9.17, 15) is 4.79 Å². The Morgan fingerprint density at radius 3 is 2.37 bits per heavy atom. The third-order valence-electron chi connectivity index (χ3n) is 4.36. The average Bonchev–Trinajstić information content (AvgIpc) is 2.94. The fourth-order valence-corrected chi connectivity index (χ4v) is 4.05. The van der Waals surface area contributed by atoms with Gasteiger partial charge in [-0.1, -0.05) is 48.2 Å². The number of carbonyl (C=O) groups excluding carboxylic acids is 1. The van der Waals surface area contributed by atoms with Crippen LogP contribution < -0.4 is 9.64 Å². The molecule has 0 aromatic heterocycles. The second-order valence-corrected chi connectivity index (χ2v) is 8.09. The Morgan fingerprint density at radius 1 is 1.11 bits per heavy atom. The smallest absolute Gasteiger partial charge is 0.266 e. The molecule has 0 bridgehead atoms. The van der Waals surface area contributed by atoms with Gasteiger partial charge < -0.3 is 9.64 Å². The van der Waals surface area contributed by atoms with Gasteiger partial charge in [0.1, 0.15) is 10.1 Å². The minimum atomic E-state index is -0.0183. The fourth-order valence-electron chi connectivity index (χ4n) is 2.75. The first-order valence-electron chi connectivity index (χ1n) is 8.63. The molecule has 140 valence electrons. The van der Waals surface area contributed by atoms with E-state index < -0.39 is 0 Å². The van der Waals surface area contributed by atoms with Crippen molar-refractivity contribution in [2.45, 2.75) is 6.42 Å². The third kappa shape index (κ3) is 4.70. The summed E-state index contributed by atoms with van der Waals surface area (Å²) in [5.41, 5.74) is 3.27. The monoisotopic (exact) mass is 398 g/mol. The zero-order valence-corrected chi connectivity index (χ0v) is 17.3. The van der Waals surface area contributed by atoms with Gasteiger partial charge in [-0.25, -0.2) is 0 Å². The highest BCUT2D eigenvalue weighted by Gasteiger charge is 2.31. The molecule has 2 aromatic carbocycles. The molecule has 0 atom stereocenters. The lowest BCUT2D eigenvalue weighted by Gasteiger charge is -2.14. The lowest BCUT2D eigenvalue weighted by atomic mass is 10.1. The summed E-state index contributed by atoms with van der Waals surface area (Å²) < 4.78 is 5.79. The lowest BCUT2D eigenvalue weighted by Crippen LogP contribution is -2.30. The maximum absolute atomic E-state index is 12.7. The standard InChI is InChI=1S/C21H22N2O2S2/c1-22(2)17-8-4-16(5-9-17)14-19-20(24)23(21(26)27-19)13-12-15-6-10-18(25-3)11-7-15/h4-11,14H,12-13H2,1-3H3. The average molecular weight is 399 g/mol. The van der Waals surface area contributed by atoms with Gasteiger partial charge >= 0.3 is 0 Å². The molecule has 0 spiro atoms. The van der Waals surface area contributed by atoms with Gasteiger partial charge in [-0.2, -0.15) is 0 Å². The Morgan fingerprint density at radius 2 is 1.78 bits per heavy atom. The number of hydrogen-bond donors (Lipinski definition) is 0. The SMILES string of the molecule is COc1ccc(CCN2C(=O)C(=Cc3ccc(N(C)C)cc3)SC2=S)cc1. The van der Waals surface area contributed by atoms with Crippen molar-refractivity contribution < 1.29 is 9.53 Å². The predicted octanol–water partition coefficient (Wildman–Crippen LogP) is 4.21. The van der Waals surface area contributed by atoms with E-state index >= 15 is 0 Å². The van der Waals surface area contributed by atoms with Gasteiger partial charge in [0.15, 0.2) is 0 Å². The number of nitrogens with zero attached hydrogens (tertiary/aromatic N) is 2. The van der Waals surface area contributed by atoms with Gasteiger partial charge in [-0.05, 0) is 47.9 Å². The fraction of sp³-hybridized carbons (Fsp3) is 0.238. The van der Waals surface area contributed by atoms with Crippen molar-refractivity contribution in [2.75, 3.05) is 32.6 Å². The molecule has 27 heavy (non-hydrogen) atoms. The van der Waals surface area contributed by atoms with Crippen LogP contribution in [-0.4, -0.2) is 42.9 Å². The first-order chi connectivity index (χ1) is 13.0. The van der Waals surface area contributed by atoms with Crippen molar-refractivity contribution in [1.29, 1.82) is 0 Å². The van der Waals surface area contributed by atoms with Gasteiger partial charge in [0.25, 0.3) is 5.91 Å². The van der Waals surface area contributed by atoms with E-state index in [1.54, 1.807) is 12.0 Å². The van der Waals surface area contributed by atoms with Crippen LogP contribution in [0.5, 0.6) is 5.75 Å². The minimum Gasteiger partial charge on any atom is -0.497 e. The van der Waals surface area contributed by atoms with Crippen LogP contribution in [0.4, 0.5) is 5.69 Å². The number of amides is 1. The number of thiocarbonyl (C=S) groups is 1. The number of benzene rings is 2. The summed E-state index contributed by atoms with van der Waals surface area (Å²) in [6.07, 6.45) is 2.66. The van der Waals surface area contributed by atoms with Gasteiger partial charge in [0.2, 0.25) is 0 Å². The highest BCUT2D eigenvalue weighted by molar-refractivity contribution is 8.26. The minimum absolute atomic E-state index is 0.0183. The maximum Gasteiger partial charge on any atom is 0.266 e. The highest BCUT2D eigenvalue weighted by atomic mass is 32.2. The predicted molar refractivity (Wildman–Crippen MR) is 117 cm³/mol. The van der Waals surface area contributed by atoms with Crippen molar-refractivity contribution in [3.63, 3.8) is 0 Å². The van der Waals surface area contributed by atoms with Crippen molar-refractivity contribution >= 4 is 46.0 Å². The van der Waals surface area contributed by atoms with Gasteiger partial charge in [-0.3, -0.25) is 9.69 Å². The summed E-state index contributed by atoms with van der Waals surface area (Å²) in [6, 6.07) is 16.0. The van der Waals surface area contributed by atoms with E-state index in [2.05, 4.69) is 0 Å². The van der Waals surface area contributed by atoms with E-state index in [0.29, 0.717) is 15.8 Å². The number of methoxy groups -OCH3 is 1. The topological polar surface area (TPSA) is 32.8 Å². The molecule has 0 saturated carbocycles. The Hall–Kier alpha value is -2.31. The van der Waals surface area contributed by atoms with Gasteiger partial charge in [-0.15, -0.1) is 0 Å². The normalized spacial score (nSPS) is 15.5. The molecule has 0 N–H and O–H groups in total. The summed E-state index contributed by atoms with van der Waals surface area (Å²) >= 11 is 6.79. The van der Waals surface area contributed by atoms with Crippen molar-refractivity contribution in [3.05, 3.63) is 64.6 Å². The molecule has 0 unspecified atom stereocenters. The molecule has 1 amide bonds. The molecular formula is C21H22N2O2S2. The van der Waals surface area contributed by atoms with E-state index in [1.165, 1.54) is 11.8 Å². The molecule has 0 aliphatic carbocycles. The summed E-state index contributed by atoms with van der Waals surface area (Å²) in [5, 5.41) is 0. The van der Waals surface area contributed by atoms with Crippen LogP contribution >= 0.6 is 24.0 Å². The Kier molecular flexibility index (Phi) is 6.19. The molecule has 0 radical (unpaired) electrons. The zero-order chi connectivity index (χ0) is 19.4. The number of ether oxygens (including phenoxy) is 1. The number of thioether (sulfide) groups is 1. The molecule has 4 nitrogen and oxygen atoms in total. The summed E-state index contributed by atoms with van der Waals surface area (Å²) in [6.45, 7) is 0.577. The van der Waals surface area contributed by atoms with Gasteiger partial charge in [0.05, 0.1) is 12.0 Å². The second-order valence-electron chi connectivity index (χ2n) is 6.42. The Labute approximate surface area is 169 Å². The summed E-state index contributed by atoms with van der Waals surface area (Å²) in [4.78, 5) is 17.1. The number of anilines is 1. The van der Waals surface area contributed by atoms with Crippen LogP contribution in [0.25, 0.3) is 6.08 Å². The highest BCUT2D eigenvalue weighted by Crippen LogP contribution is 2.33. The molecule has 1 aliphatic heterocycles. The van der Waals surface area contributed by atoms with Crippen LogP contribution in [0.15, 0.2) is 53.4 Å². The number of hydrogen-bond acceptors (Lipinski definition) is 5. The van der Waals surface area contributed by atoms with E-state index in [-0.39, 0.29) is 5.91 Å². The molecule has 1 heterocycles.